The third kappa shape index (κ3) is 2.31. The third-order valence-electron chi connectivity index (χ3n) is 2.36. The molecule has 1 atom stereocenters. The first-order chi connectivity index (χ1) is 6.68. The topological polar surface area (TPSA) is 18.5 Å². The summed E-state index contributed by atoms with van der Waals surface area (Å²) in [4.78, 5) is 0. The van der Waals surface area contributed by atoms with Gasteiger partial charge in [0.05, 0.1) is 12.1 Å². The van der Waals surface area contributed by atoms with Gasteiger partial charge in [0, 0.05) is 17.5 Å². The Hall–Kier alpha value is -0.475. The van der Waals surface area contributed by atoms with Gasteiger partial charge >= 0.3 is 0 Å². The molecule has 2 nitrogen and oxygen atoms in total. The number of halogens is 1. The summed E-state index contributed by atoms with van der Waals surface area (Å²) in [5, 5.41) is 0. The molecule has 1 aliphatic rings. The normalized spacial score (nSPS) is 26.4. The zero-order valence-corrected chi connectivity index (χ0v) is 9.71. The van der Waals surface area contributed by atoms with E-state index >= 15 is 0 Å². The molecule has 0 N–H and O–H groups in total. The van der Waals surface area contributed by atoms with Crippen molar-refractivity contribution in [3.8, 4) is 5.75 Å². The Bertz CT molecular complexity index is 306. The smallest absolute Gasteiger partial charge is 0.162 e. The van der Waals surface area contributed by atoms with Crippen molar-refractivity contribution in [1.29, 1.82) is 0 Å². The molecule has 0 radical (unpaired) electrons. The lowest BCUT2D eigenvalue weighted by Crippen LogP contribution is -2.36. The van der Waals surface area contributed by atoms with Crippen LogP contribution in [-0.2, 0) is 4.74 Å². The molecular formula is C10H12BBrO2. The van der Waals surface area contributed by atoms with Crippen LogP contribution in [0.5, 0.6) is 5.75 Å². The van der Waals surface area contributed by atoms with Crippen molar-refractivity contribution in [2.45, 2.75) is 11.9 Å². The molecule has 1 aromatic carbocycles. The Balaban J connectivity index is 2.06. The molecule has 2 rings (SSSR count). The zero-order chi connectivity index (χ0) is 10.0. The maximum Gasteiger partial charge on any atom is 0.162 e. The summed E-state index contributed by atoms with van der Waals surface area (Å²) in [7, 11) is 2.09. The summed E-state index contributed by atoms with van der Waals surface area (Å²) in [6.07, 6.45) is 0.961. The van der Waals surface area contributed by atoms with E-state index in [0.29, 0.717) is 6.61 Å². The van der Waals surface area contributed by atoms with Crippen LogP contribution in [0, 0.1) is 0 Å². The summed E-state index contributed by atoms with van der Waals surface area (Å²) >= 11 is 3.39. The van der Waals surface area contributed by atoms with Crippen molar-refractivity contribution < 1.29 is 9.47 Å². The largest absolute Gasteiger partial charge is 0.494 e. The van der Waals surface area contributed by atoms with E-state index in [4.69, 9.17) is 9.47 Å². The predicted octanol–water partition coefficient (Wildman–Crippen LogP) is 1.58. The minimum atomic E-state index is -0.145. The van der Waals surface area contributed by atoms with Gasteiger partial charge in [0.2, 0.25) is 0 Å². The molecule has 14 heavy (non-hydrogen) atoms. The van der Waals surface area contributed by atoms with Crippen LogP contribution >= 0.6 is 15.9 Å². The van der Waals surface area contributed by atoms with Crippen molar-refractivity contribution in [1.82, 2.24) is 0 Å². The Morgan fingerprint density at radius 1 is 1.36 bits per heavy atom. The van der Waals surface area contributed by atoms with Crippen molar-refractivity contribution in [2.75, 3.05) is 13.2 Å². The van der Waals surface area contributed by atoms with Crippen LogP contribution in [0.4, 0.5) is 0 Å². The van der Waals surface area contributed by atoms with Crippen molar-refractivity contribution in [3.63, 3.8) is 0 Å². The predicted molar refractivity (Wildman–Crippen MR) is 61.5 cm³/mol. The molecule has 0 bridgehead atoms. The van der Waals surface area contributed by atoms with E-state index in [1.807, 2.05) is 24.3 Å². The molecule has 0 spiro atoms. The molecule has 0 aromatic heterocycles. The lowest BCUT2D eigenvalue weighted by atomic mass is 9.81. The van der Waals surface area contributed by atoms with Gasteiger partial charge in [0.25, 0.3) is 0 Å². The second kappa shape index (κ2) is 3.95. The Morgan fingerprint density at radius 3 is 2.64 bits per heavy atom. The van der Waals surface area contributed by atoms with Crippen LogP contribution in [0.3, 0.4) is 0 Å². The van der Waals surface area contributed by atoms with Gasteiger partial charge in [-0.15, -0.1) is 0 Å². The lowest BCUT2D eigenvalue weighted by molar-refractivity contribution is 0.115. The molecule has 1 aliphatic heterocycles. The highest BCUT2D eigenvalue weighted by Crippen LogP contribution is 2.24. The van der Waals surface area contributed by atoms with Gasteiger partial charge in [0.15, 0.2) is 7.85 Å². The van der Waals surface area contributed by atoms with E-state index in [1.165, 1.54) is 0 Å². The van der Waals surface area contributed by atoms with E-state index < -0.39 is 0 Å². The van der Waals surface area contributed by atoms with Gasteiger partial charge in [-0.3, -0.25) is 0 Å². The highest BCUT2D eigenvalue weighted by atomic mass is 79.9. The molecule has 0 aliphatic carbocycles. The van der Waals surface area contributed by atoms with Crippen molar-refractivity contribution >= 4 is 23.8 Å². The van der Waals surface area contributed by atoms with Crippen molar-refractivity contribution in [3.05, 3.63) is 28.7 Å². The monoisotopic (exact) mass is 254 g/mol. The van der Waals surface area contributed by atoms with Gasteiger partial charge < -0.3 is 9.47 Å². The van der Waals surface area contributed by atoms with Crippen LogP contribution in [0.2, 0.25) is 0 Å². The number of rotatable bonds is 2. The van der Waals surface area contributed by atoms with Gasteiger partial charge in [-0.25, -0.2) is 0 Å². The first kappa shape index (κ1) is 10.1. The molecule has 0 amide bonds. The van der Waals surface area contributed by atoms with Crippen LogP contribution in [-0.4, -0.2) is 26.6 Å². The van der Waals surface area contributed by atoms with Crippen molar-refractivity contribution in [2.24, 2.45) is 0 Å². The lowest BCUT2D eigenvalue weighted by Gasteiger charge is -2.24. The molecule has 4 heteroatoms. The molecule has 74 valence electrons. The first-order valence-electron chi connectivity index (χ1n) is 4.70. The highest BCUT2D eigenvalue weighted by molar-refractivity contribution is 9.10. The summed E-state index contributed by atoms with van der Waals surface area (Å²) in [6, 6.07) is 7.89. The Labute approximate surface area is 93.1 Å². The number of hydrogen-bond acceptors (Lipinski definition) is 2. The molecule has 1 fully saturated rings. The summed E-state index contributed by atoms with van der Waals surface area (Å²) in [5.41, 5.74) is -0.145. The molecule has 1 aromatic rings. The van der Waals surface area contributed by atoms with Crippen LogP contribution in [0.15, 0.2) is 28.7 Å². The van der Waals surface area contributed by atoms with E-state index in [9.17, 15) is 0 Å². The first-order valence-corrected chi connectivity index (χ1v) is 5.50. The average Bonchev–Trinajstić information content (AvgIpc) is 2.57. The van der Waals surface area contributed by atoms with E-state index in [0.717, 1.165) is 23.2 Å². The van der Waals surface area contributed by atoms with Gasteiger partial charge in [0.1, 0.15) is 5.75 Å². The average molecular weight is 255 g/mol. The van der Waals surface area contributed by atoms with E-state index in [-0.39, 0.29) is 5.50 Å². The fourth-order valence-corrected chi connectivity index (χ4v) is 1.78. The number of ether oxygens (including phenoxy) is 2. The fourth-order valence-electron chi connectivity index (χ4n) is 1.52. The summed E-state index contributed by atoms with van der Waals surface area (Å²) < 4.78 is 12.3. The van der Waals surface area contributed by atoms with Gasteiger partial charge in [-0.1, -0.05) is 15.9 Å². The SMILES string of the molecule is BC1(Oc2ccc(Br)cc2)CCOC1. The van der Waals surface area contributed by atoms with Crippen LogP contribution in [0.1, 0.15) is 6.42 Å². The minimum absolute atomic E-state index is 0.145. The zero-order valence-electron chi connectivity index (χ0n) is 8.13. The maximum atomic E-state index is 5.87. The summed E-state index contributed by atoms with van der Waals surface area (Å²) in [5.74, 6) is 0.904. The second-order valence-corrected chi connectivity index (χ2v) is 4.72. The quantitative estimate of drug-likeness (QED) is 0.747. The maximum absolute atomic E-state index is 5.87. The third-order valence-corrected chi connectivity index (χ3v) is 2.89. The summed E-state index contributed by atoms with van der Waals surface area (Å²) in [6.45, 7) is 1.48. The van der Waals surface area contributed by atoms with Gasteiger partial charge in [-0.2, -0.15) is 0 Å². The second-order valence-electron chi connectivity index (χ2n) is 3.81. The number of benzene rings is 1. The molecule has 1 unspecified atom stereocenters. The Morgan fingerprint density at radius 2 is 2.07 bits per heavy atom. The van der Waals surface area contributed by atoms with E-state index in [2.05, 4.69) is 23.8 Å². The van der Waals surface area contributed by atoms with Crippen LogP contribution < -0.4 is 4.74 Å². The van der Waals surface area contributed by atoms with E-state index in [1.54, 1.807) is 0 Å². The molecular weight excluding hydrogens is 243 g/mol. The standard InChI is InChI=1S/C10H12BBrO2/c11-10(5-6-13-7-10)14-9-3-1-8(12)2-4-9/h1-4H,5-7,11H2. The van der Waals surface area contributed by atoms with Crippen LogP contribution in [0.25, 0.3) is 0 Å². The number of hydrogen-bond donors (Lipinski definition) is 0. The Kier molecular flexibility index (Phi) is 2.84. The highest BCUT2D eigenvalue weighted by Gasteiger charge is 2.31. The van der Waals surface area contributed by atoms with Gasteiger partial charge in [-0.05, 0) is 24.3 Å². The molecule has 1 saturated heterocycles. The minimum Gasteiger partial charge on any atom is -0.494 e. The molecule has 0 saturated carbocycles. The molecule has 1 heterocycles. The fraction of sp³-hybridized carbons (Fsp3) is 0.400.